The Hall–Kier alpha value is -0.420. The van der Waals surface area contributed by atoms with Crippen LogP contribution in [0.2, 0.25) is 0 Å². The lowest BCUT2D eigenvalue weighted by Gasteiger charge is -2.45. The molecule has 1 aliphatic heterocycles. The molecule has 0 atom stereocenters. The van der Waals surface area contributed by atoms with E-state index in [0.717, 1.165) is 12.8 Å². The Balaban J connectivity index is 2.20. The van der Waals surface area contributed by atoms with Crippen LogP contribution in [0.3, 0.4) is 0 Å². The second-order valence-electron chi connectivity index (χ2n) is 10.4. The number of phosphoric ester groups is 1. The molecule has 1 saturated heterocycles. The Morgan fingerprint density at radius 2 is 1.13 bits per heavy atom. The molecule has 0 bridgehead atoms. The minimum Gasteiger partial charge on any atom is -0.756 e. The lowest BCUT2D eigenvalue weighted by atomic mass is 10.0. The molecule has 0 saturated carbocycles. The van der Waals surface area contributed by atoms with Crippen LogP contribution >= 0.6 is 7.82 Å². The molecular formula is C24H47NO5P-. The third kappa shape index (κ3) is 13.7. The van der Waals surface area contributed by atoms with Crippen LogP contribution in [0, 0.1) is 0 Å². The van der Waals surface area contributed by atoms with E-state index in [-0.39, 0.29) is 19.0 Å². The number of hydrogen-bond acceptors (Lipinski definition) is 5. The molecule has 0 aromatic heterocycles. The Kier molecular flexibility index (Phi) is 12.9. The standard InChI is InChI=1S/C24H48NO5P/c1-6-7-8-9-10-11-12-13-14-15-16-17-18-19-22(26)25-20-23(2,3)29-31(27,28)30-24(4,5)21-25/h6-21H2,1-5H3,(H,27,28)/p-1. The average molecular weight is 461 g/mol. The molecule has 0 aliphatic carbocycles. The van der Waals surface area contributed by atoms with Gasteiger partial charge in [0.05, 0.1) is 11.2 Å². The van der Waals surface area contributed by atoms with Gasteiger partial charge in [-0.25, -0.2) is 0 Å². The highest BCUT2D eigenvalue weighted by Crippen LogP contribution is 2.48. The van der Waals surface area contributed by atoms with Gasteiger partial charge in [-0.2, -0.15) is 0 Å². The highest BCUT2D eigenvalue weighted by molar-refractivity contribution is 7.46. The Morgan fingerprint density at radius 3 is 1.52 bits per heavy atom. The number of carbonyl (C=O) groups is 1. The predicted octanol–water partition coefficient (Wildman–Crippen LogP) is 6.37. The van der Waals surface area contributed by atoms with E-state index in [9.17, 15) is 14.3 Å². The van der Waals surface area contributed by atoms with Crippen LogP contribution in [-0.2, 0) is 18.4 Å². The molecule has 7 heteroatoms. The summed E-state index contributed by atoms with van der Waals surface area (Å²) in [6.07, 6.45) is 17.0. The Morgan fingerprint density at radius 1 is 0.774 bits per heavy atom. The van der Waals surface area contributed by atoms with E-state index < -0.39 is 19.0 Å². The number of phosphoric acid groups is 1. The second-order valence-corrected chi connectivity index (χ2v) is 11.7. The molecule has 1 aliphatic rings. The summed E-state index contributed by atoms with van der Waals surface area (Å²) < 4.78 is 22.4. The van der Waals surface area contributed by atoms with Crippen molar-refractivity contribution in [2.24, 2.45) is 0 Å². The lowest BCUT2D eigenvalue weighted by molar-refractivity contribution is -0.250. The van der Waals surface area contributed by atoms with Gasteiger partial charge in [0.25, 0.3) is 7.82 Å². The highest BCUT2D eigenvalue weighted by atomic mass is 31.2. The van der Waals surface area contributed by atoms with Gasteiger partial charge in [0.2, 0.25) is 5.91 Å². The largest absolute Gasteiger partial charge is 0.756 e. The van der Waals surface area contributed by atoms with Gasteiger partial charge in [-0.1, -0.05) is 84.0 Å². The van der Waals surface area contributed by atoms with Gasteiger partial charge in [0.15, 0.2) is 0 Å². The van der Waals surface area contributed by atoms with Crippen molar-refractivity contribution >= 4 is 13.7 Å². The van der Waals surface area contributed by atoms with Crippen molar-refractivity contribution in [2.45, 2.75) is 136 Å². The van der Waals surface area contributed by atoms with Crippen molar-refractivity contribution in [3.05, 3.63) is 0 Å². The molecule has 1 heterocycles. The van der Waals surface area contributed by atoms with E-state index in [2.05, 4.69) is 6.92 Å². The van der Waals surface area contributed by atoms with Crippen molar-refractivity contribution in [1.82, 2.24) is 4.90 Å². The normalized spacial score (nSPS) is 20.3. The third-order valence-corrected chi connectivity index (χ3v) is 7.14. The molecule has 184 valence electrons. The predicted molar refractivity (Wildman–Crippen MR) is 125 cm³/mol. The van der Waals surface area contributed by atoms with Crippen LogP contribution in [-0.4, -0.2) is 35.1 Å². The van der Waals surface area contributed by atoms with Crippen molar-refractivity contribution in [3.63, 3.8) is 0 Å². The molecule has 0 aromatic carbocycles. The molecule has 6 nitrogen and oxygen atoms in total. The van der Waals surface area contributed by atoms with E-state index in [1.165, 1.54) is 70.6 Å². The van der Waals surface area contributed by atoms with Crippen LogP contribution in [0.15, 0.2) is 0 Å². The summed E-state index contributed by atoms with van der Waals surface area (Å²) in [4.78, 5) is 26.5. The maximum absolute atomic E-state index is 12.8. The Bertz CT molecular complexity index is 540. The minimum atomic E-state index is -4.40. The monoisotopic (exact) mass is 460 g/mol. The van der Waals surface area contributed by atoms with Gasteiger partial charge in [-0.3, -0.25) is 9.36 Å². The number of rotatable bonds is 14. The quantitative estimate of drug-likeness (QED) is 0.222. The average Bonchev–Trinajstić information content (AvgIpc) is 2.61. The topological polar surface area (TPSA) is 78.9 Å². The van der Waals surface area contributed by atoms with Gasteiger partial charge >= 0.3 is 0 Å². The molecule has 1 amide bonds. The summed E-state index contributed by atoms with van der Waals surface area (Å²) in [5.41, 5.74) is -2.00. The van der Waals surface area contributed by atoms with Crippen molar-refractivity contribution in [3.8, 4) is 0 Å². The number of unbranched alkanes of at least 4 members (excludes halogenated alkanes) is 12. The number of carbonyl (C=O) groups excluding carboxylic acids is 1. The summed E-state index contributed by atoms with van der Waals surface area (Å²) in [6.45, 7) is 9.42. The molecule has 0 radical (unpaired) electrons. The fourth-order valence-corrected chi connectivity index (χ4v) is 5.65. The van der Waals surface area contributed by atoms with Crippen molar-refractivity contribution < 1.29 is 23.3 Å². The first kappa shape index (κ1) is 28.6. The number of amides is 1. The van der Waals surface area contributed by atoms with Crippen LogP contribution < -0.4 is 4.89 Å². The van der Waals surface area contributed by atoms with Crippen LogP contribution in [0.5, 0.6) is 0 Å². The number of hydrogen-bond donors (Lipinski definition) is 0. The van der Waals surface area contributed by atoms with E-state index in [4.69, 9.17) is 9.05 Å². The second kappa shape index (κ2) is 14.0. The van der Waals surface area contributed by atoms with E-state index in [0.29, 0.717) is 6.42 Å². The first-order chi connectivity index (χ1) is 14.5. The molecule has 0 unspecified atom stereocenters. The zero-order valence-electron chi connectivity index (χ0n) is 20.7. The maximum atomic E-state index is 12.8. The fraction of sp³-hybridized carbons (Fsp3) is 0.958. The summed E-state index contributed by atoms with van der Waals surface area (Å²) in [5, 5.41) is 0. The maximum Gasteiger partial charge on any atom is 0.269 e. The smallest absolute Gasteiger partial charge is 0.269 e. The fourth-order valence-electron chi connectivity index (χ4n) is 4.29. The first-order valence-electron chi connectivity index (χ1n) is 12.5. The zero-order valence-corrected chi connectivity index (χ0v) is 21.6. The molecule has 31 heavy (non-hydrogen) atoms. The van der Waals surface area contributed by atoms with Gasteiger partial charge in [0, 0.05) is 19.5 Å². The SMILES string of the molecule is CCCCCCCCCCCCCCCC(=O)N1CC(C)(C)OP(=O)([O-])OC(C)(C)C1. The third-order valence-electron chi connectivity index (χ3n) is 5.71. The minimum absolute atomic E-state index is 0.0408. The van der Waals surface area contributed by atoms with Crippen LogP contribution in [0.4, 0.5) is 0 Å². The zero-order chi connectivity index (χ0) is 23.4. The first-order valence-corrected chi connectivity index (χ1v) is 13.9. The molecular weight excluding hydrogens is 413 g/mol. The molecule has 1 fully saturated rings. The van der Waals surface area contributed by atoms with Crippen molar-refractivity contribution in [2.75, 3.05) is 13.1 Å². The summed E-state index contributed by atoms with van der Waals surface area (Å²) >= 11 is 0. The summed E-state index contributed by atoms with van der Waals surface area (Å²) in [6, 6.07) is 0. The molecule has 1 rings (SSSR count). The van der Waals surface area contributed by atoms with E-state index in [1.54, 1.807) is 32.6 Å². The Labute approximate surface area is 191 Å². The summed E-state index contributed by atoms with van der Waals surface area (Å²) in [5.74, 6) is 0.0408. The van der Waals surface area contributed by atoms with Crippen LogP contribution in [0.1, 0.15) is 125 Å². The van der Waals surface area contributed by atoms with Gasteiger partial charge in [0.1, 0.15) is 0 Å². The van der Waals surface area contributed by atoms with Crippen molar-refractivity contribution in [1.29, 1.82) is 0 Å². The summed E-state index contributed by atoms with van der Waals surface area (Å²) in [7, 11) is -4.40. The highest BCUT2D eigenvalue weighted by Gasteiger charge is 2.39. The number of nitrogens with zero attached hydrogens (tertiary/aromatic N) is 1. The molecule has 0 N–H and O–H groups in total. The lowest BCUT2D eigenvalue weighted by Crippen LogP contribution is -2.52. The molecule has 0 aromatic rings. The van der Waals surface area contributed by atoms with Gasteiger partial charge in [-0.05, 0) is 34.1 Å². The van der Waals surface area contributed by atoms with E-state index in [1.807, 2.05) is 0 Å². The van der Waals surface area contributed by atoms with Gasteiger partial charge in [-0.15, -0.1) is 0 Å². The van der Waals surface area contributed by atoms with E-state index >= 15 is 0 Å². The van der Waals surface area contributed by atoms with Gasteiger partial charge < -0.3 is 18.8 Å². The van der Waals surface area contributed by atoms with Crippen LogP contribution in [0.25, 0.3) is 0 Å². The molecule has 0 spiro atoms.